The number of aromatic nitrogens is 2. The molecule has 0 aliphatic rings. The van der Waals surface area contributed by atoms with E-state index in [9.17, 15) is 14.4 Å². The fourth-order valence-corrected chi connectivity index (χ4v) is 2.95. The number of rotatable bonds is 4. The van der Waals surface area contributed by atoms with Crippen molar-refractivity contribution >= 4 is 34.6 Å². The number of nitrogens with zero attached hydrogens (tertiary/aromatic N) is 3. The van der Waals surface area contributed by atoms with Crippen molar-refractivity contribution in [2.45, 2.75) is 27.3 Å². The van der Waals surface area contributed by atoms with Gasteiger partial charge in [-0.1, -0.05) is 51.1 Å². The number of anilines is 1. The zero-order valence-electron chi connectivity index (χ0n) is 17.5. The monoisotopic (exact) mass is 407 g/mol. The molecule has 156 valence electrons. The summed E-state index contributed by atoms with van der Waals surface area (Å²) in [6.45, 7) is 5.77. The Morgan fingerprint density at radius 3 is 2.40 bits per heavy atom. The summed E-state index contributed by atoms with van der Waals surface area (Å²) in [5.74, 6) is -0.911. The van der Waals surface area contributed by atoms with Crippen molar-refractivity contribution in [1.29, 1.82) is 0 Å². The normalized spacial score (nSPS) is 11.3. The lowest BCUT2D eigenvalue weighted by Gasteiger charge is -2.19. The average molecular weight is 407 g/mol. The van der Waals surface area contributed by atoms with Crippen LogP contribution in [0.25, 0.3) is 11.0 Å². The van der Waals surface area contributed by atoms with Gasteiger partial charge >= 0.3 is 6.03 Å². The van der Waals surface area contributed by atoms with E-state index in [1.807, 2.05) is 30.3 Å². The molecule has 1 aromatic carbocycles. The number of carbonyl (C=O) groups is 3. The second-order valence-electron chi connectivity index (χ2n) is 8.19. The Kier molecular flexibility index (Phi) is 5.60. The fourth-order valence-electron chi connectivity index (χ4n) is 2.95. The Balaban J connectivity index is 1.97. The first-order valence-electron chi connectivity index (χ1n) is 9.50. The zero-order valence-corrected chi connectivity index (χ0v) is 17.5. The Bertz CT molecular complexity index is 1110. The molecule has 0 atom stereocenters. The van der Waals surface area contributed by atoms with Crippen molar-refractivity contribution < 1.29 is 14.4 Å². The molecule has 30 heavy (non-hydrogen) atoms. The van der Waals surface area contributed by atoms with Crippen molar-refractivity contribution in [2.24, 2.45) is 11.1 Å². The van der Waals surface area contributed by atoms with Crippen molar-refractivity contribution in [3.63, 3.8) is 0 Å². The molecule has 3 N–H and O–H groups in total. The maximum atomic E-state index is 13.1. The van der Waals surface area contributed by atoms with E-state index in [-0.39, 0.29) is 11.6 Å². The van der Waals surface area contributed by atoms with Crippen molar-refractivity contribution in [3.05, 3.63) is 59.9 Å². The van der Waals surface area contributed by atoms with Gasteiger partial charge in [-0.3, -0.25) is 9.59 Å². The summed E-state index contributed by atoms with van der Waals surface area (Å²) < 4.78 is 1.20. The van der Waals surface area contributed by atoms with E-state index in [0.29, 0.717) is 23.3 Å². The maximum absolute atomic E-state index is 13.1. The van der Waals surface area contributed by atoms with Crippen molar-refractivity contribution in [2.75, 3.05) is 12.4 Å². The molecule has 0 aliphatic carbocycles. The maximum Gasteiger partial charge on any atom is 0.330 e. The summed E-state index contributed by atoms with van der Waals surface area (Å²) in [4.78, 5) is 43.2. The van der Waals surface area contributed by atoms with E-state index in [1.54, 1.807) is 33.9 Å². The highest BCUT2D eigenvalue weighted by atomic mass is 16.2. The van der Waals surface area contributed by atoms with Gasteiger partial charge in [0, 0.05) is 24.4 Å². The predicted molar refractivity (Wildman–Crippen MR) is 115 cm³/mol. The van der Waals surface area contributed by atoms with Crippen LogP contribution in [0.2, 0.25) is 0 Å². The lowest BCUT2D eigenvalue weighted by molar-refractivity contribution is -0.123. The molecule has 0 saturated carbocycles. The quantitative estimate of drug-likeness (QED) is 0.692. The molecule has 2 heterocycles. The number of primary amides is 1. The van der Waals surface area contributed by atoms with Gasteiger partial charge in [-0.15, -0.1) is 0 Å². The molecule has 0 saturated heterocycles. The van der Waals surface area contributed by atoms with Crippen molar-refractivity contribution in [3.8, 4) is 0 Å². The molecule has 0 fully saturated rings. The highest BCUT2D eigenvalue weighted by molar-refractivity contribution is 6.04. The van der Waals surface area contributed by atoms with Gasteiger partial charge in [0.1, 0.15) is 11.3 Å². The molecule has 0 bridgehead atoms. The highest BCUT2D eigenvalue weighted by Crippen LogP contribution is 2.24. The standard InChI is InChI=1S/C22H25N5O3/c1-22(2,3)20(29)25-16-10-15-11-17(18(23)28)27(19(15)24-12-16)21(30)26(4)13-14-8-6-5-7-9-14/h5-12H,13H2,1-4H3,(H2,23,28)(H,25,29). The Morgan fingerprint density at radius 2 is 1.80 bits per heavy atom. The minimum Gasteiger partial charge on any atom is -0.364 e. The number of nitrogens with one attached hydrogen (secondary N) is 1. The van der Waals surface area contributed by atoms with Crippen LogP contribution in [0.1, 0.15) is 36.8 Å². The first-order valence-corrected chi connectivity index (χ1v) is 9.50. The zero-order chi connectivity index (χ0) is 22.1. The van der Waals surface area contributed by atoms with Crippen LogP contribution in [0.15, 0.2) is 48.7 Å². The van der Waals surface area contributed by atoms with Gasteiger partial charge < -0.3 is 16.0 Å². The summed E-state index contributed by atoms with van der Waals surface area (Å²) >= 11 is 0. The number of hydrogen-bond donors (Lipinski definition) is 2. The summed E-state index contributed by atoms with van der Waals surface area (Å²) in [5.41, 5.74) is 6.69. The first-order chi connectivity index (χ1) is 14.1. The predicted octanol–water partition coefficient (Wildman–Crippen LogP) is 3.22. The molecule has 3 rings (SSSR count). The molecule has 3 amide bonds. The number of amides is 3. The van der Waals surface area contributed by atoms with Gasteiger partial charge in [-0.2, -0.15) is 0 Å². The molecular weight excluding hydrogens is 382 g/mol. The van der Waals surface area contributed by atoms with E-state index in [4.69, 9.17) is 5.73 Å². The van der Waals surface area contributed by atoms with Crippen molar-refractivity contribution in [1.82, 2.24) is 14.5 Å². The van der Waals surface area contributed by atoms with E-state index >= 15 is 0 Å². The van der Waals surface area contributed by atoms with E-state index in [1.165, 1.54) is 21.7 Å². The van der Waals surface area contributed by atoms with Crippen LogP contribution < -0.4 is 11.1 Å². The number of benzene rings is 1. The Labute approximate surface area is 174 Å². The Morgan fingerprint density at radius 1 is 1.13 bits per heavy atom. The van der Waals surface area contributed by atoms with Crippen LogP contribution >= 0.6 is 0 Å². The average Bonchev–Trinajstić information content (AvgIpc) is 3.06. The summed E-state index contributed by atoms with van der Waals surface area (Å²) in [5, 5.41) is 3.32. The van der Waals surface area contributed by atoms with E-state index in [0.717, 1.165) is 5.56 Å². The van der Waals surface area contributed by atoms with E-state index in [2.05, 4.69) is 10.3 Å². The number of pyridine rings is 1. The second-order valence-corrected chi connectivity index (χ2v) is 8.19. The number of nitrogens with two attached hydrogens (primary N) is 1. The van der Waals surface area contributed by atoms with Gasteiger partial charge in [-0.05, 0) is 17.7 Å². The van der Waals surface area contributed by atoms with Crippen LogP contribution in [-0.2, 0) is 11.3 Å². The first kappa shape index (κ1) is 21.0. The van der Waals surface area contributed by atoms with Gasteiger partial charge in [-0.25, -0.2) is 14.3 Å². The molecule has 0 radical (unpaired) electrons. The fraction of sp³-hybridized carbons (Fsp3) is 0.273. The minimum atomic E-state index is -0.741. The van der Waals surface area contributed by atoms with Crippen LogP contribution in [0.4, 0.5) is 10.5 Å². The third kappa shape index (κ3) is 4.32. The van der Waals surface area contributed by atoms with Gasteiger partial charge in [0.05, 0.1) is 11.9 Å². The van der Waals surface area contributed by atoms with Crippen LogP contribution in [-0.4, -0.2) is 39.3 Å². The molecular formula is C22H25N5O3. The van der Waals surface area contributed by atoms with Gasteiger partial charge in [0.25, 0.3) is 5.91 Å². The van der Waals surface area contributed by atoms with Crippen LogP contribution in [0, 0.1) is 5.41 Å². The molecule has 0 aliphatic heterocycles. The topological polar surface area (TPSA) is 110 Å². The smallest absolute Gasteiger partial charge is 0.330 e. The molecule has 8 heteroatoms. The minimum absolute atomic E-state index is 0.0294. The second kappa shape index (κ2) is 7.98. The number of fused-ring (bicyclic) bond motifs is 1. The van der Waals surface area contributed by atoms with Gasteiger partial charge in [0.15, 0.2) is 0 Å². The SMILES string of the molecule is CN(Cc1ccccc1)C(=O)n1c(C(N)=O)cc2cc(NC(=O)C(C)(C)C)cnc21. The van der Waals surface area contributed by atoms with E-state index < -0.39 is 17.4 Å². The largest absolute Gasteiger partial charge is 0.364 e. The summed E-state index contributed by atoms with van der Waals surface area (Å²) in [7, 11) is 1.64. The molecule has 0 spiro atoms. The summed E-state index contributed by atoms with van der Waals surface area (Å²) in [6, 6.07) is 12.2. The lowest BCUT2D eigenvalue weighted by atomic mass is 9.95. The molecule has 3 aromatic rings. The third-order valence-corrected chi connectivity index (χ3v) is 4.61. The Hall–Kier alpha value is -3.68. The molecule has 2 aromatic heterocycles. The van der Waals surface area contributed by atoms with Crippen LogP contribution in [0.3, 0.4) is 0 Å². The number of hydrogen-bond acceptors (Lipinski definition) is 4. The summed E-state index contributed by atoms with van der Waals surface area (Å²) in [6.07, 6.45) is 1.46. The lowest BCUT2D eigenvalue weighted by Crippen LogP contribution is -2.33. The third-order valence-electron chi connectivity index (χ3n) is 4.61. The van der Waals surface area contributed by atoms with Gasteiger partial charge in [0.2, 0.25) is 5.91 Å². The molecule has 0 unspecified atom stereocenters. The molecule has 8 nitrogen and oxygen atoms in total. The highest BCUT2D eigenvalue weighted by Gasteiger charge is 2.24. The number of carbonyl (C=O) groups excluding carboxylic acids is 3. The van der Waals surface area contributed by atoms with Crippen LogP contribution in [0.5, 0.6) is 0 Å².